The van der Waals surface area contributed by atoms with E-state index < -0.39 is 8.07 Å². The molecule has 170 valence electrons. The van der Waals surface area contributed by atoms with Crippen molar-refractivity contribution in [2.24, 2.45) is 0 Å². The zero-order valence-corrected chi connectivity index (χ0v) is 21.1. The second-order valence-electron chi connectivity index (χ2n) is 9.11. The molecular formula is C30H36N2Si. The van der Waals surface area contributed by atoms with Crippen molar-refractivity contribution in [1.29, 1.82) is 0 Å². The molecule has 0 aliphatic rings. The summed E-state index contributed by atoms with van der Waals surface area (Å²) in [6.07, 6.45) is 14.2. The van der Waals surface area contributed by atoms with Crippen molar-refractivity contribution in [1.82, 2.24) is 9.55 Å². The molecule has 4 aromatic rings. The van der Waals surface area contributed by atoms with Gasteiger partial charge in [0.2, 0.25) is 0 Å². The van der Waals surface area contributed by atoms with E-state index in [0.717, 1.165) is 19.0 Å². The maximum Gasteiger partial charge on any atom is 0.168 e. The molecule has 0 unspecified atom stereocenters. The van der Waals surface area contributed by atoms with Gasteiger partial charge in [-0.25, -0.2) is 4.98 Å². The number of unbranched alkanes of at least 4 members (excludes halogenated alkanes) is 2. The third kappa shape index (κ3) is 5.36. The second-order valence-corrected chi connectivity index (χ2v) is 13.0. The average Bonchev–Trinajstić information content (AvgIpc) is 3.39. The molecule has 0 amide bonds. The van der Waals surface area contributed by atoms with Crippen LogP contribution in [0.1, 0.15) is 50.7 Å². The molecule has 0 atom stereocenters. The smallest absolute Gasteiger partial charge is 0.168 e. The number of hydrogen-bond acceptors (Lipinski definition) is 1. The third-order valence-electron chi connectivity index (χ3n) is 6.78. The van der Waals surface area contributed by atoms with Crippen LogP contribution >= 0.6 is 0 Å². The maximum atomic E-state index is 4.37. The van der Waals surface area contributed by atoms with Crippen molar-refractivity contribution < 1.29 is 0 Å². The number of nitrogens with zero attached hydrogens (tertiary/aromatic N) is 2. The normalized spacial score (nSPS) is 11.6. The van der Waals surface area contributed by atoms with Gasteiger partial charge in [-0.05, 0) is 52.4 Å². The van der Waals surface area contributed by atoms with Gasteiger partial charge in [0.15, 0.2) is 8.07 Å². The first-order chi connectivity index (χ1) is 16.3. The quantitative estimate of drug-likeness (QED) is 0.224. The molecule has 0 N–H and O–H groups in total. The standard InChI is InChI=1S/C30H36N2Si/c1-3-5-10-26-14-18-29(19-15-26)33(25-32-23-22-31-24-32,28-12-8-7-9-13-28)30-20-16-27(17-21-30)11-6-4-2/h7-9,12-24H,3-6,10-11,25H2,1-2H3. The lowest BCUT2D eigenvalue weighted by atomic mass is 10.1. The first-order valence-corrected chi connectivity index (χ1v) is 14.7. The van der Waals surface area contributed by atoms with Gasteiger partial charge in [0.1, 0.15) is 0 Å². The summed E-state index contributed by atoms with van der Waals surface area (Å²) in [5, 5.41) is 4.37. The Balaban J connectivity index is 1.85. The Kier molecular flexibility index (Phi) is 7.95. The Bertz CT molecular complexity index is 1030. The van der Waals surface area contributed by atoms with Crippen LogP contribution < -0.4 is 15.6 Å². The van der Waals surface area contributed by atoms with E-state index in [2.05, 4.69) is 108 Å². The van der Waals surface area contributed by atoms with Gasteiger partial charge in [-0.1, -0.05) is 106 Å². The fourth-order valence-electron chi connectivity index (χ4n) is 4.82. The molecule has 0 aliphatic heterocycles. The van der Waals surface area contributed by atoms with Crippen LogP contribution in [-0.4, -0.2) is 17.6 Å². The van der Waals surface area contributed by atoms with E-state index in [4.69, 9.17) is 0 Å². The van der Waals surface area contributed by atoms with Crippen molar-refractivity contribution >= 4 is 23.6 Å². The fourth-order valence-corrected chi connectivity index (χ4v) is 9.34. The maximum absolute atomic E-state index is 4.37. The van der Waals surface area contributed by atoms with Gasteiger partial charge in [-0.2, -0.15) is 0 Å². The van der Waals surface area contributed by atoms with Crippen LogP contribution in [0.4, 0.5) is 0 Å². The Labute approximate surface area is 200 Å². The molecule has 4 rings (SSSR count). The Hall–Kier alpha value is -2.91. The molecule has 0 saturated carbocycles. The van der Waals surface area contributed by atoms with Crippen LogP contribution in [0.3, 0.4) is 0 Å². The van der Waals surface area contributed by atoms with Crippen molar-refractivity contribution in [3.63, 3.8) is 0 Å². The van der Waals surface area contributed by atoms with E-state index in [9.17, 15) is 0 Å². The molecule has 0 aliphatic carbocycles. The van der Waals surface area contributed by atoms with Crippen LogP contribution in [-0.2, 0) is 19.0 Å². The van der Waals surface area contributed by atoms with Crippen LogP contribution in [0.5, 0.6) is 0 Å². The monoisotopic (exact) mass is 452 g/mol. The molecule has 3 aromatic carbocycles. The SMILES string of the molecule is CCCCc1ccc([Si](Cn2ccnc2)(c2ccccc2)c2ccc(CCCC)cc2)cc1. The van der Waals surface area contributed by atoms with Crippen molar-refractivity contribution in [3.05, 3.63) is 109 Å². The lowest BCUT2D eigenvalue weighted by Gasteiger charge is -2.34. The average molecular weight is 453 g/mol. The molecular weight excluding hydrogens is 416 g/mol. The van der Waals surface area contributed by atoms with E-state index in [-0.39, 0.29) is 0 Å². The number of imidazole rings is 1. The lowest BCUT2D eigenvalue weighted by Crippen LogP contribution is -2.69. The first-order valence-electron chi connectivity index (χ1n) is 12.5. The summed E-state index contributed by atoms with van der Waals surface area (Å²) >= 11 is 0. The highest BCUT2D eigenvalue weighted by atomic mass is 28.3. The zero-order valence-electron chi connectivity index (χ0n) is 20.1. The Morgan fingerprint density at radius 1 is 0.667 bits per heavy atom. The third-order valence-corrected chi connectivity index (χ3v) is 11.6. The lowest BCUT2D eigenvalue weighted by molar-refractivity contribution is 0.795. The van der Waals surface area contributed by atoms with E-state index in [1.807, 2.05) is 12.5 Å². The molecule has 0 spiro atoms. The molecule has 1 heterocycles. The summed E-state index contributed by atoms with van der Waals surface area (Å²) < 4.78 is 2.27. The molecule has 0 radical (unpaired) electrons. The number of benzene rings is 3. The summed E-state index contributed by atoms with van der Waals surface area (Å²) in [5.74, 6) is 0. The van der Waals surface area contributed by atoms with Crippen molar-refractivity contribution in [2.75, 3.05) is 0 Å². The molecule has 1 aromatic heterocycles. The van der Waals surface area contributed by atoms with Gasteiger partial charge in [0.05, 0.1) is 6.33 Å². The van der Waals surface area contributed by atoms with Crippen LogP contribution in [0, 0.1) is 0 Å². The number of hydrogen-bond donors (Lipinski definition) is 0. The second kappa shape index (κ2) is 11.3. The largest absolute Gasteiger partial charge is 0.339 e. The minimum atomic E-state index is -2.31. The van der Waals surface area contributed by atoms with Gasteiger partial charge in [-0.3, -0.25) is 0 Å². The highest BCUT2D eigenvalue weighted by Gasteiger charge is 2.39. The summed E-state index contributed by atoms with van der Waals surface area (Å²) in [7, 11) is -2.31. The van der Waals surface area contributed by atoms with Gasteiger partial charge in [0.25, 0.3) is 0 Å². The van der Waals surface area contributed by atoms with E-state index in [1.54, 1.807) is 0 Å². The minimum absolute atomic E-state index is 0.944. The zero-order chi connectivity index (χ0) is 22.9. The fraction of sp³-hybridized carbons (Fsp3) is 0.300. The molecule has 0 fully saturated rings. The van der Waals surface area contributed by atoms with Crippen LogP contribution in [0.15, 0.2) is 97.6 Å². The summed E-state index contributed by atoms with van der Waals surface area (Å²) in [4.78, 5) is 4.37. The number of aryl methyl sites for hydroxylation is 2. The molecule has 0 bridgehead atoms. The van der Waals surface area contributed by atoms with Crippen LogP contribution in [0.25, 0.3) is 0 Å². The molecule has 0 saturated heterocycles. The molecule has 33 heavy (non-hydrogen) atoms. The van der Waals surface area contributed by atoms with Crippen LogP contribution in [0.2, 0.25) is 0 Å². The number of rotatable bonds is 11. The van der Waals surface area contributed by atoms with Crippen molar-refractivity contribution in [2.45, 2.75) is 58.5 Å². The summed E-state index contributed by atoms with van der Waals surface area (Å²) in [5.41, 5.74) is 2.88. The topological polar surface area (TPSA) is 17.8 Å². The first kappa shape index (κ1) is 23.3. The van der Waals surface area contributed by atoms with Gasteiger partial charge < -0.3 is 4.57 Å². The predicted molar refractivity (Wildman–Crippen MR) is 143 cm³/mol. The predicted octanol–water partition coefficient (Wildman–Crippen LogP) is 5.28. The van der Waals surface area contributed by atoms with E-state index in [1.165, 1.54) is 52.4 Å². The molecule has 2 nitrogen and oxygen atoms in total. The van der Waals surface area contributed by atoms with Gasteiger partial charge in [0, 0.05) is 18.6 Å². The van der Waals surface area contributed by atoms with Gasteiger partial charge in [-0.15, -0.1) is 0 Å². The molecule has 3 heteroatoms. The van der Waals surface area contributed by atoms with E-state index in [0.29, 0.717) is 0 Å². The summed E-state index contributed by atoms with van der Waals surface area (Å²) in [6, 6.07) is 30.2. The Morgan fingerprint density at radius 3 is 1.64 bits per heavy atom. The summed E-state index contributed by atoms with van der Waals surface area (Å²) in [6.45, 7) is 4.52. The minimum Gasteiger partial charge on any atom is -0.339 e. The Morgan fingerprint density at radius 2 is 1.18 bits per heavy atom. The highest BCUT2D eigenvalue weighted by molar-refractivity contribution is 7.10. The number of aromatic nitrogens is 2. The van der Waals surface area contributed by atoms with E-state index >= 15 is 0 Å². The van der Waals surface area contributed by atoms with Gasteiger partial charge >= 0.3 is 0 Å². The highest BCUT2D eigenvalue weighted by Crippen LogP contribution is 2.14. The van der Waals surface area contributed by atoms with Crippen molar-refractivity contribution in [3.8, 4) is 0 Å².